The first-order valence-electron chi connectivity index (χ1n) is 7.91. The molecule has 0 aromatic heterocycles. The predicted molar refractivity (Wildman–Crippen MR) is 122 cm³/mol. The SMILES string of the molecule is [CH2-]c1ccc(CCC(S)S)cc1.[CH2-]c1ccc(CCC(S)S)cc1.[Ni+2]. The van der Waals surface area contributed by atoms with Gasteiger partial charge in [-0.25, -0.2) is 0 Å². The first-order valence-corrected chi connectivity index (χ1v) is 9.97. The van der Waals surface area contributed by atoms with Crippen LogP contribution in [0.4, 0.5) is 0 Å². The van der Waals surface area contributed by atoms with E-state index in [1.807, 2.05) is 24.3 Å². The molecule has 0 bridgehead atoms. The van der Waals surface area contributed by atoms with Crippen LogP contribution in [0.25, 0.3) is 0 Å². The Kier molecular flexibility index (Phi) is 14.2. The van der Waals surface area contributed by atoms with Crippen LogP contribution in [0.2, 0.25) is 0 Å². The van der Waals surface area contributed by atoms with Crippen LogP contribution in [0.15, 0.2) is 48.5 Å². The van der Waals surface area contributed by atoms with Crippen molar-refractivity contribution < 1.29 is 16.5 Å². The molecule has 0 fully saturated rings. The third-order valence-corrected chi connectivity index (χ3v) is 4.46. The molecule has 0 nitrogen and oxygen atoms in total. The standard InChI is InChI=1S/2C10H13S2.Ni/c2*1-8-2-4-9(5-3-8)6-7-10(11)12;/h2*2-5,10-12H,1,6-7H2;/q2*-1;+2. The number of thiol groups is 4. The summed E-state index contributed by atoms with van der Waals surface area (Å²) in [6.45, 7) is 7.65. The van der Waals surface area contributed by atoms with Crippen molar-refractivity contribution >= 4 is 50.5 Å². The number of benzene rings is 2. The second kappa shape index (κ2) is 14.2. The van der Waals surface area contributed by atoms with E-state index < -0.39 is 0 Å². The van der Waals surface area contributed by atoms with Crippen molar-refractivity contribution in [3.63, 3.8) is 0 Å². The Morgan fingerprint density at radius 2 is 0.880 bits per heavy atom. The van der Waals surface area contributed by atoms with Crippen molar-refractivity contribution in [3.05, 3.63) is 84.6 Å². The Morgan fingerprint density at radius 1 is 0.600 bits per heavy atom. The molecule has 0 heterocycles. The van der Waals surface area contributed by atoms with E-state index in [4.69, 9.17) is 0 Å². The molecule has 0 aliphatic rings. The molecule has 0 saturated heterocycles. The first-order chi connectivity index (χ1) is 11.4. The molecule has 2 aromatic carbocycles. The zero-order valence-electron chi connectivity index (χ0n) is 14.1. The summed E-state index contributed by atoms with van der Waals surface area (Å²) >= 11 is 16.8. The Bertz CT molecular complexity index is 512. The van der Waals surface area contributed by atoms with E-state index in [0.717, 1.165) is 36.8 Å². The van der Waals surface area contributed by atoms with Crippen LogP contribution in [0.5, 0.6) is 0 Å². The van der Waals surface area contributed by atoms with Crippen molar-refractivity contribution in [1.29, 1.82) is 0 Å². The fourth-order valence-corrected chi connectivity index (χ4v) is 2.52. The molecule has 0 unspecified atom stereocenters. The molecule has 140 valence electrons. The molecule has 0 saturated carbocycles. The number of hydrogen-bond donors (Lipinski definition) is 4. The van der Waals surface area contributed by atoms with Crippen molar-refractivity contribution in [2.45, 2.75) is 34.8 Å². The van der Waals surface area contributed by atoms with Crippen LogP contribution in [0.3, 0.4) is 0 Å². The molecular weight excluding hydrogens is 427 g/mol. The largest absolute Gasteiger partial charge is 2.00 e. The molecule has 2 rings (SSSR count). The Labute approximate surface area is 185 Å². The summed E-state index contributed by atoms with van der Waals surface area (Å²) in [7, 11) is 0. The van der Waals surface area contributed by atoms with Gasteiger partial charge >= 0.3 is 16.5 Å². The summed E-state index contributed by atoms with van der Waals surface area (Å²) in [5.74, 6) is 0. The molecule has 0 N–H and O–H groups in total. The van der Waals surface area contributed by atoms with Gasteiger partial charge in [0.2, 0.25) is 0 Å². The average Bonchev–Trinajstić information content (AvgIpc) is 2.54. The van der Waals surface area contributed by atoms with Gasteiger partial charge in [-0.05, 0) is 25.7 Å². The van der Waals surface area contributed by atoms with Crippen LogP contribution < -0.4 is 0 Å². The average molecular weight is 453 g/mol. The molecule has 25 heavy (non-hydrogen) atoms. The zero-order chi connectivity index (χ0) is 17.9. The maximum absolute atomic E-state index is 4.20. The van der Waals surface area contributed by atoms with Crippen LogP contribution >= 0.6 is 50.5 Å². The van der Waals surface area contributed by atoms with E-state index in [2.05, 4.69) is 88.6 Å². The minimum absolute atomic E-state index is 0. The van der Waals surface area contributed by atoms with Crippen molar-refractivity contribution in [3.8, 4) is 0 Å². The molecule has 2 aromatic rings. The van der Waals surface area contributed by atoms with E-state index >= 15 is 0 Å². The minimum Gasteiger partial charge on any atom is -0.199 e. The maximum Gasteiger partial charge on any atom is 2.00 e. The number of aryl methyl sites for hydroxylation is 2. The van der Waals surface area contributed by atoms with Crippen LogP contribution in [-0.4, -0.2) is 9.16 Å². The van der Waals surface area contributed by atoms with Gasteiger partial charge in [0.15, 0.2) is 0 Å². The monoisotopic (exact) mass is 452 g/mol. The van der Waals surface area contributed by atoms with Gasteiger partial charge in [-0.15, -0.1) is 24.3 Å². The van der Waals surface area contributed by atoms with Crippen molar-refractivity contribution in [2.24, 2.45) is 0 Å². The van der Waals surface area contributed by atoms with Gasteiger partial charge < -0.3 is 0 Å². The van der Waals surface area contributed by atoms with Gasteiger partial charge in [0.25, 0.3) is 0 Å². The van der Waals surface area contributed by atoms with Gasteiger partial charge in [-0.3, -0.25) is 0 Å². The molecule has 0 aliphatic carbocycles. The summed E-state index contributed by atoms with van der Waals surface area (Å²) in [5, 5.41) is 0. The third-order valence-electron chi connectivity index (χ3n) is 3.43. The molecule has 0 radical (unpaired) electrons. The van der Waals surface area contributed by atoms with E-state index in [-0.39, 0.29) is 25.7 Å². The topological polar surface area (TPSA) is 0 Å². The van der Waals surface area contributed by atoms with Gasteiger partial charge in [0, 0.05) is 9.16 Å². The fraction of sp³-hybridized carbons (Fsp3) is 0.300. The van der Waals surface area contributed by atoms with Gasteiger partial charge in [-0.2, -0.15) is 99.8 Å². The van der Waals surface area contributed by atoms with Crippen LogP contribution in [0, 0.1) is 13.8 Å². The Morgan fingerprint density at radius 3 is 1.12 bits per heavy atom. The third kappa shape index (κ3) is 13.0. The summed E-state index contributed by atoms with van der Waals surface area (Å²) in [6, 6.07) is 16.5. The summed E-state index contributed by atoms with van der Waals surface area (Å²) in [4.78, 5) is 0. The van der Waals surface area contributed by atoms with E-state index in [1.54, 1.807) is 0 Å². The second-order valence-corrected chi connectivity index (χ2v) is 8.98. The number of hydrogen-bond acceptors (Lipinski definition) is 4. The summed E-state index contributed by atoms with van der Waals surface area (Å²) < 4.78 is 0.369. The van der Waals surface area contributed by atoms with E-state index in [1.165, 1.54) is 11.1 Å². The first kappa shape index (κ1) is 25.1. The zero-order valence-corrected chi connectivity index (χ0v) is 18.7. The van der Waals surface area contributed by atoms with Gasteiger partial charge in [0.1, 0.15) is 0 Å². The smallest absolute Gasteiger partial charge is 0.199 e. The normalized spacial score (nSPS) is 10.2. The van der Waals surface area contributed by atoms with E-state index in [0.29, 0.717) is 0 Å². The molecule has 0 spiro atoms. The van der Waals surface area contributed by atoms with E-state index in [9.17, 15) is 0 Å². The summed E-state index contributed by atoms with van der Waals surface area (Å²) in [6.07, 6.45) is 4.08. The number of rotatable bonds is 6. The van der Waals surface area contributed by atoms with Crippen molar-refractivity contribution in [1.82, 2.24) is 0 Å². The molecular formula is C20H26NiS4. The van der Waals surface area contributed by atoms with Gasteiger partial charge in [0.05, 0.1) is 0 Å². The molecule has 0 atom stereocenters. The van der Waals surface area contributed by atoms with Gasteiger partial charge in [-0.1, -0.05) is 11.1 Å². The van der Waals surface area contributed by atoms with Crippen molar-refractivity contribution in [2.75, 3.05) is 0 Å². The maximum atomic E-state index is 4.20. The molecule has 0 aliphatic heterocycles. The Balaban J connectivity index is 0.000000443. The second-order valence-electron chi connectivity index (χ2n) is 5.67. The van der Waals surface area contributed by atoms with Crippen LogP contribution in [-0.2, 0) is 29.3 Å². The molecule has 0 amide bonds. The quantitative estimate of drug-likeness (QED) is 0.176. The van der Waals surface area contributed by atoms with Crippen LogP contribution in [0.1, 0.15) is 35.1 Å². The minimum atomic E-state index is 0. The predicted octanol–water partition coefficient (Wildman–Crippen LogP) is 5.97. The fourth-order valence-electron chi connectivity index (χ4n) is 2.00. The summed E-state index contributed by atoms with van der Waals surface area (Å²) in [5.41, 5.74) is 4.78. The Hall–Kier alpha value is 0.0735. The molecule has 5 heteroatoms.